The number of hydrogen-bond donors (Lipinski definition) is 0. The molecule has 0 fully saturated rings. The Bertz CT molecular complexity index is 1120. The second-order valence-corrected chi connectivity index (χ2v) is 8.57. The molecule has 27 heavy (non-hydrogen) atoms. The second-order valence-electron chi connectivity index (χ2n) is 6.25. The number of thioether (sulfide) groups is 1. The van der Waals surface area contributed by atoms with E-state index in [9.17, 15) is 9.18 Å². The van der Waals surface area contributed by atoms with Crippen molar-refractivity contribution in [3.8, 4) is 0 Å². The minimum Gasteiger partial charge on any atom is -0.340 e. The summed E-state index contributed by atoms with van der Waals surface area (Å²) < 4.78 is 16.5. The van der Waals surface area contributed by atoms with Crippen LogP contribution in [0.4, 0.5) is 4.39 Å². The third-order valence-corrected chi connectivity index (χ3v) is 6.27. The van der Waals surface area contributed by atoms with Gasteiger partial charge in [0.05, 0.1) is 15.5 Å². The van der Waals surface area contributed by atoms with Crippen molar-refractivity contribution in [2.75, 3.05) is 7.05 Å². The van der Waals surface area contributed by atoms with Gasteiger partial charge in [-0.25, -0.2) is 4.39 Å². The van der Waals surface area contributed by atoms with Crippen LogP contribution in [-0.4, -0.2) is 37.7 Å². The number of carbonyl (C=O) groups excluding carboxylic acids is 1. The lowest BCUT2D eigenvalue weighted by molar-refractivity contribution is -0.129. The molecule has 2 heterocycles. The van der Waals surface area contributed by atoms with Gasteiger partial charge >= 0.3 is 0 Å². The van der Waals surface area contributed by atoms with Crippen molar-refractivity contribution in [1.82, 2.24) is 19.5 Å². The number of halogens is 1. The van der Waals surface area contributed by atoms with Gasteiger partial charge in [0.2, 0.25) is 10.9 Å². The smallest absolute Gasteiger partial charge is 0.235 e. The standard InChI is InChI=1S/C19H17FN4OS2/c1-12(17(25)23(2)11-13-6-5-7-14(20)10-13)26-18-21-22-19-24(18)15-8-3-4-9-16(15)27-19/h3-10,12H,11H2,1-2H3. The zero-order chi connectivity index (χ0) is 19.0. The summed E-state index contributed by atoms with van der Waals surface area (Å²) in [5.74, 6) is -0.341. The lowest BCUT2D eigenvalue weighted by Gasteiger charge is -2.20. The van der Waals surface area contributed by atoms with Crippen LogP contribution < -0.4 is 0 Å². The molecule has 0 aliphatic rings. The van der Waals surface area contributed by atoms with Crippen molar-refractivity contribution in [3.05, 3.63) is 59.9 Å². The van der Waals surface area contributed by atoms with Gasteiger partial charge in [-0.3, -0.25) is 9.20 Å². The summed E-state index contributed by atoms with van der Waals surface area (Å²) in [6.07, 6.45) is 0. The number of benzene rings is 2. The number of hydrogen-bond acceptors (Lipinski definition) is 5. The van der Waals surface area contributed by atoms with Crippen molar-refractivity contribution in [2.45, 2.75) is 23.9 Å². The molecular weight excluding hydrogens is 383 g/mol. The van der Waals surface area contributed by atoms with Crippen LogP contribution in [0.2, 0.25) is 0 Å². The van der Waals surface area contributed by atoms with Crippen molar-refractivity contribution < 1.29 is 9.18 Å². The van der Waals surface area contributed by atoms with Gasteiger partial charge in [-0.15, -0.1) is 10.2 Å². The number of nitrogens with zero attached hydrogens (tertiary/aromatic N) is 4. The second kappa shape index (κ2) is 7.28. The van der Waals surface area contributed by atoms with E-state index in [0.29, 0.717) is 11.7 Å². The normalized spacial score (nSPS) is 12.6. The zero-order valence-electron chi connectivity index (χ0n) is 14.8. The highest BCUT2D eigenvalue weighted by Crippen LogP contribution is 2.31. The average molecular weight is 401 g/mol. The van der Waals surface area contributed by atoms with Crippen LogP contribution in [0, 0.1) is 5.82 Å². The van der Waals surface area contributed by atoms with E-state index < -0.39 is 0 Å². The van der Waals surface area contributed by atoms with Crippen LogP contribution in [0.1, 0.15) is 12.5 Å². The maximum atomic E-state index is 13.4. The lowest BCUT2D eigenvalue weighted by Crippen LogP contribution is -2.32. The van der Waals surface area contributed by atoms with Gasteiger partial charge in [0.1, 0.15) is 5.82 Å². The summed E-state index contributed by atoms with van der Waals surface area (Å²) in [6, 6.07) is 14.3. The molecule has 0 radical (unpaired) electrons. The molecule has 0 N–H and O–H groups in total. The molecule has 0 saturated heterocycles. The van der Waals surface area contributed by atoms with E-state index >= 15 is 0 Å². The maximum absolute atomic E-state index is 13.4. The third kappa shape index (κ3) is 3.54. The minimum atomic E-state index is -0.338. The highest BCUT2D eigenvalue weighted by Gasteiger charge is 2.22. The number of para-hydroxylation sites is 1. The van der Waals surface area contributed by atoms with Crippen molar-refractivity contribution in [2.24, 2.45) is 0 Å². The molecule has 0 aliphatic carbocycles. The summed E-state index contributed by atoms with van der Waals surface area (Å²) in [5, 5.41) is 8.84. The van der Waals surface area contributed by atoms with Crippen LogP contribution in [0.25, 0.3) is 15.2 Å². The molecule has 1 atom stereocenters. The van der Waals surface area contributed by atoms with Crippen LogP contribution in [-0.2, 0) is 11.3 Å². The summed E-state index contributed by atoms with van der Waals surface area (Å²) in [6.45, 7) is 2.21. The summed E-state index contributed by atoms with van der Waals surface area (Å²) in [4.78, 5) is 15.2. The average Bonchev–Trinajstić information content (AvgIpc) is 3.20. The molecule has 0 bridgehead atoms. The van der Waals surface area contributed by atoms with E-state index in [1.807, 2.05) is 41.7 Å². The molecule has 2 aromatic carbocycles. The Morgan fingerprint density at radius 1 is 1.26 bits per heavy atom. The topological polar surface area (TPSA) is 50.5 Å². The maximum Gasteiger partial charge on any atom is 0.235 e. The fourth-order valence-corrected chi connectivity index (χ4v) is 4.94. The molecule has 4 aromatic rings. The first-order chi connectivity index (χ1) is 13.0. The van der Waals surface area contributed by atoms with Gasteiger partial charge in [0, 0.05) is 13.6 Å². The predicted molar refractivity (Wildman–Crippen MR) is 107 cm³/mol. The molecule has 2 aromatic heterocycles. The Morgan fingerprint density at radius 2 is 2.07 bits per heavy atom. The van der Waals surface area contributed by atoms with E-state index in [-0.39, 0.29) is 17.0 Å². The Balaban J connectivity index is 1.52. The molecular formula is C19H17FN4OS2. The first kappa shape index (κ1) is 17.9. The zero-order valence-corrected chi connectivity index (χ0v) is 16.4. The van der Waals surface area contributed by atoms with Crippen LogP contribution in [0.15, 0.2) is 53.7 Å². The van der Waals surface area contributed by atoms with Gasteiger partial charge in [-0.2, -0.15) is 0 Å². The Labute approximate surface area is 163 Å². The van der Waals surface area contributed by atoms with E-state index in [1.54, 1.807) is 29.4 Å². The van der Waals surface area contributed by atoms with E-state index in [2.05, 4.69) is 10.2 Å². The molecule has 4 rings (SSSR count). The first-order valence-electron chi connectivity index (χ1n) is 8.41. The highest BCUT2D eigenvalue weighted by molar-refractivity contribution is 8.00. The Morgan fingerprint density at radius 3 is 2.89 bits per heavy atom. The van der Waals surface area contributed by atoms with Gasteiger partial charge in [0.25, 0.3) is 0 Å². The minimum absolute atomic E-state index is 0.0412. The summed E-state index contributed by atoms with van der Waals surface area (Å²) >= 11 is 2.95. The summed E-state index contributed by atoms with van der Waals surface area (Å²) in [5.41, 5.74) is 1.80. The van der Waals surface area contributed by atoms with E-state index in [1.165, 1.54) is 23.9 Å². The van der Waals surface area contributed by atoms with Crippen LogP contribution >= 0.6 is 23.1 Å². The van der Waals surface area contributed by atoms with Gasteiger partial charge < -0.3 is 4.90 Å². The highest BCUT2D eigenvalue weighted by atomic mass is 32.2. The third-order valence-electron chi connectivity index (χ3n) is 4.23. The van der Waals surface area contributed by atoms with Crippen LogP contribution in [0.5, 0.6) is 0 Å². The predicted octanol–water partition coefficient (Wildman–Crippen LogP) is 4.22. The molecule has 0 spiro atoms. The first-order valence-corrected chi connectivity index (χ1v) is 10.1. The number of fused-ring (bicyclic) bond motifs is 3. The van der Waals surface area contributed by atoms with Crippen LogP contribution in [0.3, 0.4) is 0 Å². The van der Waals surface area contributed by atoms with Crippen molar-refractivity contribution >= 4 is 44.2 Å². The SMILES string of the molecule is CC(Sc1nnc2sc3ccccc3n12)C(=O)N(C)Cc1cccc(F)c1. The molecule has 8 heteroatoms. The van der Waals surface area contributed by atoms with E-state index in [4.69, 9.17) is 0 Å². The Kier molecular flexibility index (Phi) is 4.84. The molecule has 138 valence electrons. The number of carbonyl (C=O) groups is 1. The fraction of sp³-hybridized carbons (Fsp3) is 0.211. The molecule has 5 nitrogen and oxygen atoms in total. The van der Waals surface area contributed by atoms with Crippen molar-refractivity contribution in [3.63, 3.8) is 0 Å². The number of aromatic nitrogens is 3. The molecule has 0 aliphatic heterocycles. The van der Waals surface area contributed by atoms with E-state index in [0.717, 1.165) is 20.7 Å². The quantitative estimate of drug-likeness (QED) is 0.471. The number of thiazole rings is 1. The Hall–Kier alpha value is -2.45. The number of amides is 1. The summed E-state index contributed by atoms with van der Waals surface area (Å²) in [7, 11) is 1.73. The van der Waals surface area contributed by atoms with Crippen molar-refractivity contribution in [1.29, 1.82) is 0 Å². The van der Waals surface area contributed by atoms with Gasteiger partial charge in [-0.1, -0.05) is 47.4 Å². The molecule has 0 saturated carbocycles. The fourth-order valence-electron chi connectivity index (χ4n) is 2.94. The van der Waals surface area contributed by atoms with Gasteiger partial charge in [0.15, 0.2) is 5.16 Å². The lowest BCUT2D eigenvalue weighted by atomic mass is 10.2. The largest absolute Gasteiger partial charge is 0.340 e. The molecule has 1 unspecified atom stereocenters. The monoisotopic (exact) mass is 400 g/mol. The number of rotatable bonds is 5. The van der Waals surface area contributed by atoms with Gasteiger partial charge in [-0.05, 0) is 36.8 Å². The molecule has 1 amide bonds.